The van der Waals surface area contributed by atoms with E-state index in [-0.39, 0.29) is 17.5 Å². The minimum absolute atomic E-state index is 0.0677. The number of halogens is 1. The smallest absolute Gasteiger partial charge is 0.303 e. The van der Waals surface area contributed by atoms with Gasteiger partial charge in [-0.25, -0.2) is 4.39 Å². The summed E-state index contributed by atoms with van der Waals surface area (Å²) in [5.74, 6) is -2.65. The number of aromatic nitrogens is 1. The Balaban J connectivity index is 2.12. The summed E-state index contributed by atoms with van der Waals surface area (Å²) in [6, 6.07) is 5.24. The number of pyridine rings is 1. The molecule has 1 aliphatic heterocycles. The second kappa shape index (κ2) is 8.62. The molecule has 0 amide bonds. The van der Waals surface area contributed by atoms with Gasteiger partial charge in [-0.2, -0.15) is 0 Å². The predicted octanol–water partition coefficient (Wildman–Crippen LogP) is 1.46. The van der Waals surface area contributed by atoms with E-state index in [0.29, 0.717) is 0 Å². The van der Waals surface area contributed by atoms with Crippen LogP contribution in [0.1, 0.15) is 27.0 Å². The van der Waals surface area contributed by atoms with E-state index < -0.39 is 53.7 Å². The van der Waals surface area contributed by atoms with Crippen LogP contribution in [-0.4, -0.2) is 47.4 Å². The molecular weight excluding hydrogens is 401 g/mol. The largest absolute Gasteiger partial charge is 0.463 e. The Morgan fingerprint density at radius 3 is 2.33 bits per heavy atom. The first kappa shape index (κ1) is 21.4. The molecule has 2 aromatic rings. The quantitative estimate of drug-likeness (QED) is 0.527. The van der Waals surface area contributed by atoms with Gasteiger partial charge in [-0.1, -0.05) is 6.07 Å². The van der Waals surface area contributed by atoms with Crippen molar-refractivity contribution in [3.05, 3.63) is 46.5 Å². The van der Waals surface area contributed by atoms with Gasteiger partial charge in [0.1, 0.15) is 18.5 Å². The number of benzene rings is 1. The molecule has 0 bridgehead atoms. The Morgan fingerprint density at radius 1 is 1.03 bits per heavy atom. The standard InChI is InChI=1S/C20H20FNO8/c1-10(23)27-9-16-18(28-11(2)24)19(29-12(3)25)20(30-16)22-8-7-15(26)13-5-4-6-14(21)17(13)22/h4-8,16,18-20H,9H2,1-3H3/t16-,18-,19-,20-/m1/s1. The van der Waals surface area contributed by atoms with Gasteiger partial charge in [-0.05, 0) is 12.1 Å². The third-order valence-electron chi connectivity index (χ3n) is 4.51. The minimum atomic E-state index is -1.18. The lowest BCUT2D eigenvalue weighted by Gasteiger charge is -2.25. The molecule has 10 heteroatoms. The molecule has 0 aliphatic carbocycles. The summed E-state index contributed by atoms with van der Waals surface area (Å²) in [5.41, 5.74) is -0.474. The third kappa shape index (κ3) is 4.33. The number of fused-ring (bicyclic) bond motifs is 1. The lowest BCUT2D eigenvalue weighted by molar-refractivity contribution is -0.166. The van der Waals surface area contributed by atoms with E-state index in [2.05, 4.69) is 0 Å². The normalized spacial score (nSPS) is 23.2. The lowest BCUT2D eigenvalue weighted by atomic mass is 10.1. The summed E-state index contributed by atoms with van der Waals surface area (Å²) >= 11 is 0. The van der Waals surface area contributed by atoms with Crippen LogP contribution in [0.15, 0.2) is 35.3 Å². The van der Waals surface area contributed by atoms with Crippen molar-refractivity contribution in [2.75, 3.05) is 6.61 Å². The van der Waals surface area contributed by atoms with Crippen molar-refractivity contribution >= 4 is 28.8 Å². The van der Waals surface area contributed by atoms with Crippen molar-refractivity contribution in [3.63, 3.8) is 0 Å². The van der Waals surface area contributed by atoms with Gasteiger partial charge in [-0.3, -0.25) is 19.2 Å². The van der Waals surface area contributed by atoms with Crippen LogP contribution in [0.4, 0.5) is 4.39 Å². The number of nitrogens with zero attached hydrogens (tertiary/aromatic N) is 1. The highest BCUT2D eigenvalue weighted by molar-refractivity contribution is 5.79. The first-order chi connectivity index (χ1) is 14.2. The third-order valence-corrected chi connectivity index (χ3v) is 4.51. The van der Waals surface area contributed by atoms with E-state index in [4.69, 9.17) is 18.9 Å². The maximum atomic E-state index is 14.7. The van der Waals surface area contributed by atoms with E-state index in [1.807, 2.05) is 0 Å². The minimum Gasteiger partial charge on any atom is -0.463 e. The van der Waals surface area contributed by atoms with E-state index in [0.717, 1.165) is 13.8 Å². The van der Waals surface area contributed by atoms with Crippen molar-refractivity contribution in [3.8, 4) is 0 Å². The maximum absolute atomic E-state index is 14.7. The number of rotatable bonds is 5. The molecule has 30 heavy (non-hydrogen) atoms. The van der Waals surface area contributed by atoms with Crippen LogP contribution in [0.3, 0.4) is 0 Å². The van der Waals surface area contributed by atoms with Gasteiger partial charge in [0.15, 0.2) is 23.9 Å². The van der Waals surface area contributed by atoms with Crippen LogP contribution in [0.5, 0.6) is 0 Å². The fourth-order valence-corrected chi connectivity index (χ4v) is 3.42. The number of hydrogen-bond acceptors (Lipinski definition) is 8. The van der Waals surface area contributed by atoms with Gasteiger partial charge in [0.25, 0.3) is 0 Å². The monoisotopic (exact) mass is 421 g/mol. The topological polar surface area (TPSA) is 110 Å². The van der Waals surface area contributed by atoms with Crippen LogP contribution < -0.4 is 5.43 Å². The molecule has 1 fully saturated rings. The van der Waals surface area contributed by atoms with Crippen LogP contribution in [0, 0.1) is 5.82 Å². The zero-order valence-corrected chi connectivity index (χ0v) is 16.5. The van der Waals surface area contributed by atoms with E-state index >= 15 is 0 Å². The molecule has 4 atom stereocenters. The van der Waals surface area contributed by atoms with E-state index in [1.165, 1.54) is 42.0 Å². The van der Waals surface area contributed by atoms with E-state index in [9.17, 15) is 23.6 Å². The summed E-state index contributed by atoms with van der Waals surface area (Å²) < 4.78 is 37.4. The average Bonchev–Trinajstić information content (AvgIpc) is 2.97. The predicted molar refractivity (Wildman–Crippen MR) is 99.8 cm³/mol. The fraction of sp³-hybridized carbons (Fsp3) is 0.400. The maximum Gasteiger partial charge on any atom is 0.303 e. The average molecular weight is 421 g/mol. The second-order valence-corrected chi connectivity index (χ2v) is 6.74. The highest BCUT2D eigenvalue weighted by Crippen LogP contribution is 2.36. The van der Waals surface area contributed by atoms with Gasteiger partial charge < -0.3 is 23.5 Å². The second-order valence-electron chi connectivity index (χ2n) is 6.74. The SMILES string of the molecule is CC(=O)OC[C@H]1O[C@@H](n2ccc(=O)c3cccc(F)c32)[C@H](OC(C)=O)[C@@H]1OC(C)=O. The molecule has 0 N–H and O–H groups in total. The summed E-state index contributed by atoms with van der Waals surface area (Å²) in [7, 11) is 0. The molecule has 1 aliphatic rings. The molecule has 0 radical (unpaired) electrons. The van der Waals surface area contributed by atoms with Crippen molar-refractivity contribution in [1.82, 2.24) is 4.57 Å². The first-order valence-electron chi connectivity index (χ1n) is 9.11. The van der Waals surface area contributed by atoms with Crippen molar-refractivity contribution in [2.24, 2.45) is 0 Å². The van der Waals surface area contributed by atoms with Crippen LogP contribution in [0.25, 0.3) is 10.9 Å². The Hall–Kier alpha value is -3.27. The number of carbonyl (C=O) groups is 3. The summed E-state index contributed by atoms with van der Waals surface area (Å²) in [5, 5.41) is 0.0927. The molecule has 3 rings (SSSR count). The number of ether oxygens (including phenoxy) is 4. The van der Waals surface area contributed by atoms with Crippen LogP contribution >= 0.6 is 0 Å². The molecule has 2 heterocycles. The van der Waals surface area contributed by atoms with Crippen molar-refractivity contribution in [1.29, 1.82) is 0 Å². The Kier molecular flexibility index (Phi) is 6.16. The van der Waals surface area contributed by atoms with Gasteiger partial charge in [0.05, 0.1) is 5.52 Å². The fourth-order valence-electron chi connectivity index (χ4n) is 3.42. The van der Waals surface area contributed by atoms with Gasteiger partial charge in [0, 0.05) is 38.4 Å². The highest BCUT2D eigenvalue weighted by atomic mass is 19.1. The van der Waals surface area contributed by atoms with E-state index in [1.54, 1.807) is 0 Å². The molecule has 160 valence electrons. The summed E-state index contributed by atoms with van der Waals surface area (Å²) in [6.45, 7) is 3.23. The number of para-hydroxylation sites is 1. The van der Waals surface area contributed by atoms with Crippen LogP contribution in [0.2, 0.25) is 0 Å². The molecule has 1 saturated heterocycles. The number of carbonyl (C=O) groups excluding carboxylic acids is 3. The van der Waals surface area contributed by atoms with Crippen molar-refractivity contribution in [2.45, 2.75) is 45.3 Å². The molecule has 1 aromatic carbocycles. The lowest BCUT2D eigenvalue weighted by Crippen LogP contribution is -2.40. The molecule has 0 unspecified atom stereocenters. The van der Waals surface area contributed by atoms with Gasteiger partial charge in [0.2, 0.25) is 0 Å². The van der Waals surface area contributed by atoms with Crippen molar-refractivity contribution < 1.29 is 37.7 Å². The number of esters is 3. The highest BCUT2D eigenvalue weighted by Gasteiger charge is 2.50. The van der Waals surface area contributed by atoms with Crippen LogP contribution in [-0.2, 0) is 33.3 Å². The van der Waals surface area contributed by atoms with Gasteiger partial charge >= 0.3 is 17.9 Å². The first-order valence-corrected chi connectivity index (χ1v) is 9.11. The molecule has 9 nitrogen and oxygen atoms in total. The Bertz CT molecular complexity index is 1050. The summed E-state index contributed by atoms with van der Waals surface area (Å²) in [6.07, 6.45) is -3.16. The molecular formula is C20H20FNO8. The Morgan fingerprint density at radius 2 is 1.70 bits per heavy atom. The summed E-state index contributed by atoms with van der Waals surface area (Å²) in [4.78, 5) is 46.8. The zero-order valence-electron chi connectivity index (χ0n) is 16.5. The zero-order chi connectivity index (χ0) is 22.0. The molecule has 0 saturated carbocycles. The van der Waals surface area contributed by atoms with Gasteiger partial charge in [-0.15, -0.1) is 0 Å². The number of hydrogen-bond donors (Lipinski definition) is 0. The molecule has 0 spiro atoms. The molecule has 1 aromatic heterocycles. The Labute approximate surface area is 170 Å².